The zero-order valence-electron chi connectivity index (χ0n) is 9.78. The van der Waals surface area contributed by atoms with E-state index in [1.54, 1.807) is 0 Å². The molecule has 1 aliphatic heterocycles. The van der Waals surface area contributed by atoms with Gasteiger partial charge in [-0.1, -0.05) is 0 Å². The molecule has 0 unspecified atom stereocenters. The predicted molar refractivity (Wildman–Crippen MR) is 64.5 cm³/mol. The third-order valence-electron chi connectivity index (χ3n) is 2.80. The summed E-state index contributed by atoms with van der Waals surface area (Å²) in [6, 6.07) is 4.18. The second-order valence-corrected chi connectivity index (χ2v) is 4.04. The van der Waals surface area contributed by atoms with Gasteiger partial charge in [-0.3, -0.25) is 4.90 Å². The molecule has 0 aliphatic carbocycles. The van der Waals surface area contributed by atoms with Gasteiger partial charge in [-0.05, 0) is 24.1 Å². The van der Waals surface area contributed by atoms with Crippen molar-refractivity contribution in [2.45, 2.75) is 13.0 Å². The molecule has 0 amide bonds. The average Bonchev–Trinajstić information content (AvgIpc) is 2.58. The summed E-state index contributed by atoms with van der Waals surface area (Å²) in [4.78, 5) is 6.65. The lowest BCUT2D eigenvalue weighted by Gasteiger charge is -2.19. The van der Waals surface area contributed by atoms with Gasteiger partial charge in [-0.25, -0.2) is 4.98 Å². The van der Waals surface area contributed by atoms with Crippen LogP contribution in [0.5, 0.6) is 0 Å². The minimum atomic E-state index is 0.851. The Kier molecular flexibility index (Phi) is 4.13. The highest BCUT2D eigenvalue weighted by atomic mass is 16.5. The first-order chi connectivity index (χ1) is 7.88. The molecule has 0 bridgehead atoms. The van der Waals surface area contributed by atoms with Crippen LogP contribution in [0.15, 0.2) is 18.3 Å². The van der Waals surface area contributed by atoms with Gasteiger partial charge in [-0.2, -0.15) is 0 Å². The first kappa shape index (κ1) is 11.4. The number of ether oxygens (including phenoxy) is 1. The van der Waals surface area contributed by atoms with E-state index in [1.807, 2.05) is 13.2 Å². The highest BCUT2D eigenvalue weighted by Gasteiger charge is 2.09. The third kappa shape index (κ3) is 3.18. The van der Waals surface area contributed by atoms with Crippen molar-refractivity contribution < 1.29 is 4.74 Å². The topological polar surface area (TPSA) is 37.4 Å². The lowest BCUT2D eigenvalue weighted by molar-refractivity contribution is 0.140. The Morgan fingerprint density at radius 3 is 3.25 bits per heavy atom. The van der Waals surface area contributed by atoms with Crippen molar-refractivity contribution in [1.29, 1.82) is 0 Å². The number of aromatic nitrogens is 1. The number of hydrogen-bond acceptors (Lipinski definition) is 4. The van der Waals surface area contributed by atoms with Gasteiger partial charge < -0.3 is 10.1 Å². The molecule has 1 N–H and O–H groups in total. The van der Waals surface area contributed by atoms with Crippen molar-refractivity contribution >= 4 is 5.82 Å². The van der Waals surface area contributed by atoms with Crippen LogP contribution in [0.25, 0.3) is 0 Å². The largest absolute Gasteiger partial charge is 0.380 e. The lowest BCUT2D eigenvalue weighted by atomic mass is 10.2. The normalized spacial score (nSPS) is 18.1. The van der Waals surface area contributed by atoms with Gasteiger partial charge in [0.25, 0.3) is 0 Å². The van der Waals surface area contributed by atoms with Crippen LogP contribution in [-0.2, 0) is 11.3 Å². The first-order valence-electron chi connectivity index (χ1n) is 5.81. The van der Waals surface area contributed by atoms with Gasteiger partial charge in [-0.15, -0.1) is 0 Å². The van der Waals surface area contributed by atoms with Crippen molar-refractivity contribution in [3.8, 4) is 0 Å². The van der Waals surface area contributed by atoms with Gasteiger partial charge in [0.15, 0.2) is 0 Å². The number of rotatable bonds is 3. The molecule has 1 aliphatic rings. The summed E-state index contributed by atoms with van der Waals surface area (Å²) >= 11 is 0. The fraction of sp³-hybridized carbons (Fsp3) is 0.583. The Bertz CT molecular complexity index is 322. The Hall–Kier alpha value is -1.13. The van der Waals surface area contributed by atoms with E-state index in [2.05, 4.69) is 27.3 Å². The van der Waals surface area contributed by atoms with Crippen molar-refractivity contribution in [2.75, 3.05) is 38.7 Å². The van der Waals surface area contributed by atoms with Gasteiger partial charge in [0.1, 0.15) is 5.82 Å². The Morgan fingerprint density at radius 2 is 2.38 bits per heavy atom. The molecule has 88 valence electrons. The summed E-state index contributed by atoms with van der Waals surface area (Å²) in [6.45, 7) is 4.88. The van der Waals surface area contributed by atoms with Crippen LogP contribution in [0.2, 0.25) is 0 Å². The maximum absolute atomic E-state index is 5.44. The number of nitrogens with zero attached hydrogens (tertiary/aromatic N) is 2. The first-order valence-corrected chi connectivity index (χ1v) is 5.81. The van der Waals surface area contributed by atoms with Crippen LogP contribution in [0.4, 0.5) is 5.82 Å². The van der Waals surface area contributed by atoms with Gasteiger partial charge >= 0.3 is 0 Å². The smallest absolute Gasteiger partial charge is 0.125 e. The summed E-state index contributed by atoms with van der Waals surface area (Å²) in [5, 5.41) is 3.06. The van der Waals surface area contributed by atoms with Crippen LogP contribution >= 0.6 is 0 Å². The second-order valence-electron chi connectivity index (χ2n) is 4.04. The number of hydrogen-bond donors (Lipinski definition) is 1. The molecule has 1 fully saturated rings. The molecule has 1 aromatic heterocycles. The molecule has 16 heavy (non-hydrogen) atoms. The molecule has 1 saturated heterocycles. The van der Waals surface area contributed by atoms with E-state index in [0.717, 1.165) is 45.1 Å². The number of anilines is 1. The lowest BCUT2D eigenvalue weighted by Crippen LogP contribution is -2.25. The SMILES string of the molecule is CNc1cc(CN2CCCOCC2)ccn1. The minimum Gasteiger partial charge on any atom is -0.380 e. The van der Waals surface area contributed by atoms with E-state index in [1.165, 1.54) is 5.56 Å². The molecule has 0 spiro atoms. The number of pyridine rings is 1. The van der Waals surface area contributed by atoms with Crippen LogP contribution < -0.4 is 5.32 Å². The van der Waals surface area contributed by atoms with E-state index in [-0.39, 0.29) is 0 Å². The molecule has 1 aromatic rings. The average molecular weight is 221 g/mol. The maximum atomic E-state index is 5.44. The van der Waals surface area contributed by atoms with Crippen LogP contribution in [0.1, 0.15) is 12.0 Å². The van der Waals surface area contributed by atoms with E-state index in [4.69, 9.17) is 4.74 Å². The summed E-state index contributed by atoms with van der Waals surface area (Å²) in [5.74, 6) is 0.934. The molecule has 0 atom stereocenters. The quantitative estimate of drug-likeness (QED) is 0.836. The van der Waals surface area contributed by atoms with E-state index in [9.17, 15) is 0 Å². The highest BCUT2D eigenvalue weighted by Crippen LogP contribution is 2.10. The van der Waals surface area contributed by atoms with Crippen molar-refractivity contribution in [3.63, 3.8) is 0 Å². The molecule has 0 radical (unpaired) electrons. The highest BCUT2D eigenvalue weighted by molar-refractivity contribution is 5.36. The summed E-state index contributed by atoms with van der Waals surface area (Å²) in [7, 11) is 1.89. The molecule has 2 rings (SSSR count). The van der Waals surface area contributed by atoms with Crippen molar-refractivity contribution in [2.24, 2.45) is 0 Å². The monoisotopic (exact) mass is 221 g/mol. The van der Waals surface area contributed by atoms with Gasteiger partial charge in [0.2, 0.25) is 0 Å². The molecule has 4 nitrogen and oxygen atoms in total. The molecule has 0 saturated carbocycles. The minimum absolute atomic E-state index is 0.851. The second kappa shape index (κ2) is 5.82. The molecular formula is C12H19N3O. The number of nitrogens with one attached hydrogen (secondary N) is 1. The van der Waals surface area contributed by atoms with Crippen LogP contribution in [0.3, 0.4) is 0 Å². The van der Waals surface area contributed by atoms with Crippen LogP contribution in [-0.4, -0.2) is 43.2 Å². The fourth-order valence-corrected chi connectivity index (χ4v) is 1.92. The fourth-order valence-electron chi connectivity index (χ4n) is 1.92. The van der Waals surface area contributed by atoms with E-state index < -0.39 is 0 Å². The van der Waals surface area contributed by atoms with Crippen LogP contribution in [0, 0.1) is 0 Å². The Morgan fingerprint density at radius 1 is 1.44 bits per heavy atom. The van der Waals surface area contributed by atoms with Gasteiger partial charge in [0.05, 0.1) is 6.61 Å². The summed E-state index contributed by atoms with van der Waals surface area (Å²) in [6.07, 6.45) is 2.99. The molecular weight excluding hydrogens is 202 g/mol. The Labute approximate surface area is 96.6 Å². The van der Waals surface area contributed by atoms with Crippen molar-refractivity contribution in [3.05, 3.63) is 23.9 Å². The zero-order valence-corrected chi connectivity index (χ0v) is 9.78. The standard InChI is InChI=1S/C12H19N3O/c1-13-12-9-11(3-4-14-12)10-15-5-2-7-16-8-6-15/h3-4,9H,2,5-8,10H2,1H3,(H,13,14). The summed E-state index contributed by atoms with van der Waals surface area (Å²) < 4.78 is 5.44. The van der Waals surface area contributed by atoms with E-state index in [0.29, 0.717) is 0 Å². The van der Waals surface area contributed by atoms with Crippen molar-refractivity contribution in [1.82, 2.24) is 9.88 Å². The zero-order chi connectivity index (χ0) is 11.2. The molecule has 4 heteroatoms. The Balaban J connectivity index is 1.96. The molecule has 2 heterocycles. The van der Waals surface area contributed by atoms with E-state index >= 15 is 0 Å². The summed E-state index contributed by atoms with van der Waals surface area (Å²) in [5.41, 5.74) is 1.31. The predicted octanol–water partition coefficient (Wildman–Crippen LogP) is 1.35. The third-order valence-corrected chi connectivity index (χ3v) is 2.80. The van der Waals surface area contributed by atoms with Gasteiger partial charge in [0, 0.05) is 39.5 Å². The maximum Gasteiger partial charge on any atom is 0.125 e. The molecule has 0 aromatic carbocycles.